The number of allylic oxidation sites excluding steroid dienone is 7. The zero-order valence-electron chi connectivity index (χ0n) is 18.2. The minimum atomic E-state index is -4.92. The predicted octanol–water partition coefficient (Wildman–Crippen LogP) is 7.08. The van der Waals surface area contributed by atoms with E-state index in [0.717, 1.165) is 6.07 Å². The van der Waals surface area contributed by atoms with Crippen molar-refractivity contribution in [3.63, 3.8) is 0 Å². The first kappa shape index (κ1) is 27.0. The summed E-state index contributed by atoms with van der Waals surface area (Å²) in [6, 6.07) is 3.72. The van der Waals surface area contributed by atoms with Gasteiger partial charge in [0.05, 0.1) is 7.11 Å². The summed E-state index contributed by atoms with van der Waals surface area (Å²) in [6.45, 7) is 5.12. The number of thiol groups is 1. The molecule has 2 unspecified atom stereocenters. The second-order valence-corrected chi connectivity index (χ2v) is 8.17. The van der Waals surface area contributed by atoms with Crippen LogP contribution in [-0.2, 0) is 5.41 Å². The van der Waals surface area contributed by atoms with Crippen LogP contribution in [0.3, 0.4) is 0 Å². The van der Waals surface area contributed by atoms with Gasteiger partial charge in [0.15, 0.2) is 5.60 Å². The summed E-state index contributed by atoms with van der Waals surface area (Å²) in [5.41, 5.74) is -3.98. The van der Waals surface area contributed by atoms with E-state index in [1.54, 1.807) is 38.2 Å². The normalized spacial score (nSPS) is 17.4. The molecule has 0 aliphatic heterocycles. The summed E-state index contributed by atoms with van der Waals surface area (Å²) in [4.78, 5) is 0.0696. The third kappa shape index (κ3) is 7.58. The molecule has 0 bridgehead atoms. The minimum absolute atomic E-state index is 0.0696. The lowest BCUT2D eigenvalue weighted by molar-refractivity contribution is -0.266. The molecule has 0 spiro atoms. The van der Waals surface area contributed by atoms with Crippen molar-refractivity contribution >= 4 is 12.6 Å². The van der Waals surface area contributed by atoms with Crippen LogP contribution < -0.4 is 4.74 Å². The Morgan fingerprint density at radius 1 is 1.13 bits per heavy atom. The minimum Gasteiger partial charge on any atom is -0.496 e. The highest BCUT2D eigenvalue weighted by atomic mass is 32.1. The van der Waals surface area contributed by atoms with E-state index >= 15 is 0 Å². The van der Waals surface area contributed by atoms with Crippen LogP contribution in [0.2, 0.25) is 0 Å². The second-order valence-electron chi connectivity index (χ2n) is 7.60. The van der Waals surface area contributed by atoms with E-state index in [4.69, 9.17) is 4.74 Å². The number of benzene rings is 1. The summed E-state index contributed by atoms with van der Waals surface area (Å²) >= 11 is 4.15. The van der Waals surface area contributed by atoms with Gasteiger partial charge in [-0.2, -0.15) is 13.2 Å². The second kappa shape index (κ2) is 11.6. The van der Waals surface area contributed by atoms with Gasteiger partial charge in [-0.05, 0) is 48.3 Å². The Labute approximate surface area is 187 Å². The number of rotatable bonds is 10. The third-order valence-corrected chi connectivity index (χ3v) is 5.51. The summed E-state index contributed by atoms with van der Waals surface area (Å²) in [6.07, 6.45) is 5.66. The number of hydrogen-bond donors (Lipinski definition) is 2. The van der Waals surface area contributed by atoms with Gasteiger partial charge in [-0.25, -0.2) is 4.39 Å². The number of halogens is 4. The van der Waals surface area contributed by atoms with E-state index in [9.17, 15) is 22.7 Å². The Bertz CT molecular complexity index is 842. The van der Waals surface area contributed by atoms with E-state index in [1.165, 1.54) is 25.3 Å². The van der Waals surface area contributed by atoms with Crippen molar-refractivity contribution in [2.45, 2.75) is 57.2 Å². The van der Waals surface area contributed by atoms with Crippen molar-refractivity contribution in [2.24, 2.45) is 0 Å². The molecule has 1 rings (SSSR count). The molecule has 2 atom stereocenters. The number of aliphatic hydroxyl groups is 1. The van der Waals surface area contributed by atoms with Crippen LogP contribution in [0, 0.1) is 5.82 Å². The molecule has 1 aromatic carbocycles. The monoisotopic (exact) mass is 458 g/mol. The van der Waals surface area contributed by atoms with Gasteiger partial charge >= 0.3 is 6.18 Å². The molecule has 0 radical (unpaired) electrons. The zero-order chi connectivity index (χ0) is 23.7. The van der Waals surface area contributed by atoms with E-state index < -0.39 is 35.9 Å². The first-order valence-electron chi connectivity index (χ1n) is 9.89. The van der Waals surface area contributed by atoms with Gasteiger partial charge in [-0.3, -0.25) is 0 Å². The number of ether oxygens (including phenoxy) is 1. The SMILES string of the molecule is C\C=C/C=C\C=C\C=C(/S)CC(O)(CC(C)(CC)c1cc(F)ccc1OC)C(F)(F)F. The highest BCUT2D eigenvalue weighted by Crippen LogP contribution is 2.48. The lowest BCUT2D eigenvalue weighted by Crippen LogP contribution is -2.49. The highest BCUT2D eigenvalue weighted by molar-refractivity contribution is 7.84. The van der Waals surface area contributed by atoms with Crippen LogP contribution in [-0.4, -0.2) is 24.0 Å². The quantitative estimate of drug-likeness (QED) is 0.223. The van der Waals surface area contributed by atoms with Crippen molar-refractivity contribution in [1.82, 2.24) is 0 Å². The summed E-state index contributed by atoms with van der Waals surface area (Å²) < 4.78 is 61.1. The van der Waals surface area contributed by atoms with E-state index in [2.05, 4.69) is 12.6 Å². The summed E-state index contributed by atoms with van der Waals surface area (Å²) in [5, 5.41) is 10.8. The highest BCUT2D eigenvalue weighted by Gasteiger charge is 2.56. The lowest BCUT2D eigenvalue weighted by atomic mass is 9.70. The Hall–Kier alpha value is -1.99. The molecule has 0 saturated carbocycles. The van der Waals surface area contributed by atoms with Crippen molar-refractivity contribution in [3.05, 3.63) is 77.0 Å². The predicted molar refractivity (Wildman–Crippen MR) is 121 cm³/mol. The molecule has 31 heavy (non-hydrogen) atoms. The molecular formula is C24H30F4O2S. The molecule has 0 aromatic heterocycles. The fourth-order valence-corrected chi connectivity index (χ4v) is 3.65. The fraction of sp³-hybridized carbons (Fsp3) is 0.417. The van der Waals surface area contributed by atoms with Crippen LogP contribution in [0.15, 0.2) is 65.6 Å². The van der Waals surface area contributed by atoms with Crippen LogP contribution in [0.25, 0.3) is 0 Å². The molecule has 0 amide bonds. The van der Waals surface area contributed by atoms with E-state index in [-0.39, 0.29) is 22.6 Å². The van der Waals surface area contributed by atoms with Gasteiger partial charge in [0.1, 0.15) is 11.6 Å². The maximum absolute atomic E-state index is 14.0. The number of hydrogen-bond acceptors (Lipinski definition) is 3. The molecule has 1 aromatic rings. The van der Waals surface area contributed by atoms with Gasteiger partial charge in [-0.1, -0.05) is 56.4 Å². The van der Waals surface area contributed by atoms with Crippen LogP contribution in [0.4, 0.5) is 17.6 Å². The van der Waals surface area contributed by atoms with Crippen LogP contribution in [0.5, 0.6) is 5.75 Å². The molecule has 0 heterocycles. The molecule has 7 heteroatoms. The van der Waals surface area contributed by atoms with Gasteiger partial charge in [0.25, 0.3) is 0 Å². The maximum Gasteiger partial charge on any atom is 0.417 e. The lowest BCUT2D eigenvalue weighted by Gasteiger charge is -2.40. The average Bonchev–Trinajstić information content (AvgIpc) is 2.69. The largest absolute Gasteiger partial charge is 0.496 e. The van der Waals surface area contributed by atoms with Gasteiger partial charge in [0, 0.05) is 12.0 Å². The molecule has 0 saturated heterocycles. The van der Waals surface area contributed by atoms with Crippen molar-refractivity contribution in [1.29, 1.82) is 0 Å². The van der Waals surface area contributed by atoms with Gasteiger partial charge < -0.3 is 9.84 Å². The van der Waals surface area contributed by atoms with Crippen molar-refractivity contribution < 1.29 is 27.4 Å². The van der Waals surface area contributed by atoms with Crippen LogP contribution >= 0.6 is 12.6 Å². The van der Waals surface area contributed by atoms with Gasteiger partial charge in [-0.15, -0.1) is 12.6 Å². The smallest absolute Gasteiger partial charge is 0.417 e. The molecule has 0 fully saturated rings. The first-order chi connectivity index (χ1) is 14.4. The Kier molecular flexibility index (Phi) is 10.1. The third-order valence-electron chi connectivity index (χ3n) is 5.20. The summed E-state index contributed by atoms with van der Waals surface area (Å²) in [5.74, 6) is -0.315. The summed E-state index contributed by atoms with van der Waals surface area (Å²) in [7, 11) is 1.37. The Morgan fingerprint density at radius 3 is 2.29 bits per heavy atom. The zero-order valence-corrected chi connectivity index (χ0v) is 19.1. The maximum atomic E-state index is 14.0. The fourth-order valence-electron chi connectivity index (χ4n) is 3.30. The first-order valence-corrected chi connectivity index (χ1v) is 10.3. The van der Waals surface area contributed by atoms with E-state index in [0.29, 0.717) is 0 Å². The topological polar surface area (TPSA) is 29.5 Å². The van der Waals surface area contributed by atoms with E-state index in [1.807, 2.05) is 19.1 Å². The van der Waals surface area contributed by atoms with Crippen molar-refractivity contribution in [3.8, 4) is 5.75 Å². The van der Waals surface area contributed by atoms with Gasteiger partial charge in [0.2, 0.25) is 0 Å². The molecule has 1 N–H and O–H groups in total. The molecule has 0 aliphatic rings. The Balaban J connectivity index is 3.28. The number of methoxy groups -OCH3 is 1. The molecule has 2 nitrogen and oxygen atoms in total. The molecule has 0 aliphatic carbocycles. The molecule has 172 valence electrons. The molecular weight excluding hydrogens is 428 g/mol. The number of alkyl halides is 3. The van der Waals surface area contributed by atoms with Crippen LogP contribution in [0.1, 0.15) is 45.6 Å². The Morgan fingerprint density at radius 2 is 1.74 bits per heavy atom. The van der Waals surface area contributed by atoms with Crippen molar-refractivity contribution in [2.75, 3.05) is 7.11 Å². The standard InChI is InChI=1S/C24H30F4O2S/c1-5-7-8-9-10-11-12-19(31)16-23(29,24(26,27)28)17-22(3,6-2)20-15-18(25)13-14-21(20)30-4/h5,7-15,29,31H,6,16-17H2,1-4H3/b7-5-,9-8-,11-10+,19-12-. The average molecular weight is 459 g/mol.